The van der Waals surface area contributed by atoms with Gasteiger partial charge in [0.2, 0.25) is 5.91 Å². The van der Waals surface area contributed by atoms with Crippen LogP contribution < -0.4 is 4.90 Å². The number of rotatable bonds is 6. The maximum atomic E-state index is 13.6. The third-order valence-electron chi connectivity index (χ3n) is 6.21. The highest BCUT2D eigenvalue weighted by Gasteiger charge is 2.33. The number of carbonyl (C=O) groups excluding carboxylic acids is 1. The predicted molar refractivity (Wildman–Crippen MR) is 137 cm³/mol. The van der Waals surface area contributed by atoms with E-state index in [2.05, 4.69) is 48.6 Å². The summed E-state index contributed by atoms with van der Waals surface area (Å²) in [5.74, 6) is -0.871. The first-order valence-electron chi connectivity index (χ1n) is 11.4. The minimum absolute atomic E-state index is 0.0769. The summed E-state index contributed by atoms with van der Waals surface area (Å²) in [7, 11) is 0. The standard InChI is InChI=1S/C29H25NO3S/c31-28-27(18-20-10-16-24(17-11-20)29(32)33)34-26-9-5-4-8-25(26)30(28)19-21-12-14-23(15-13-21)22-6-2-1-3-7-22/h2,4-17,27H,1,3,18-19H2,(H,32,33). The molecule has 0 radical (unpaired) electrons. The van der Waals surface area contributed by atoms with Crippen molar-refractivity contribution in [3.8, 4) is 0 Å². The molecule has 0 saturated heterocycles. The van der Waals surface area contributed by atoms with E-state index >= 15 is 0 Å². The largest absolute Gasteiger partial charge is 0.478 e. The molecule has 0 spiro atoms. The molecule has 1 aliphatic heterocycles. The molecule has 1 aliphatic carbocycles. The zero-order chi connectivity index (χ0) is 23.5. The zero-order valence-corrected chi connectivity index (χ0v) is 19.5. The normalized spacial score (nSPS) is 17.3. The van der Waals surface area contributed by atoms with Crippen LogP contribution in [0.3, 0.4) is 0 Å². The van der Waals surface area contributed by atoms with Gasteiger partial charge in [-0.05, 0) is 65.8 Å². The van der Waals surface area contributed by atoms with Gasteiger partial charge in [-0.2, -0.15) is 0 Å². The minimum Gasteiger partial charge on any atom is -0.478 e. The second-order valence-corrected chi connectivity index (χ2v) is 9.79. The van der Waals surface area contributed by atoms with Crippen molar-refractivity contribution in [3.05, 3.63) is 113 Å². The van der Waals surface area contributed by atoms with Crippen LogP contribution in [0.1, 0.15) is 39.9 Å². The second kappa shape index (κ2) is 9.74. The molecule has 4 nitrogen and oxygen atoms in total. The lowest BCUT2D eigenvalue weighted by Gasteiger charge is -2.34. The van der Waals surface area contributed by atoms with Crippen molar-refractivity contribution in [1.82, 2.24) is 0 Å². The van der Waals surface area contributed by atoms with Crippen LogP contribution in [0.2, 0.25) is 0 Å². The summed E-state index contributed by atoms with van der Waals surface area (Å²) in [6.45, 7) is 0.514. The van der Waals surface area contributed by atoms with Gasteiger partial charge >= 0.3 is 5.97 Å². The molecule has 1 amide bonds. The van der Waals surface area contributed by atoms with Crippen LogP contribution >= 0.6 is 11.8 Å². The van der Waals surface area contributed by atoms with Crippen LogP contribution in [0.15, 0.2) is 95.9 Å². The minimum atomic E-state index is -0.948. The number of thioether (sulfide) groups is 1. The van der Waals surface area contributed by atoms with Crippen LogP contribution in [-0.4, -0.2) is 22.2 Å². The Bertz CT molecular complexity index is 1280. The molecule has 170 valence electrons. The van der Waals surface area contributed by atoms with Gasteiger partial charge in [0.25, 0.3) is 0 Å². The first kappa shape index (κ1) is 22.2. The molecule has 1 atom stereocenters. The van der Waals surface area contributed by atoms with Gasteiger partial charge < -0.3 is 10.0 Å². The number of amides is 1. The molecule has 0 fully saturated rings. The summed E-state index contributed by atoms with van der Waals surface area (Å²) in [6, 6.07) is 23.3. The van der Waals surface area contributed by atoms with Crippen molar-refractivity contribution in [2.24, 2.45) is 0 Å². The lowest BCUT2D eigenvalue weighted by Crippen LogP contribution is -2.41. The van der Waals surface area contributed by atoms with Gasteiger partial charge in [0.05, 0.1) is 23.0 Å². The summed E-state index contributed by atoms with van der Waals surface area (Å²) < 4.78 is 0. The third kappa shape index (κ3) is 4.70. The third-order valence-corrected chi connectivity index (χ3v) is 7.46. The van der Waals surface area contributed by atoms with E-state index in [1.54, 1.807) is 36.0 Å². The molecular weight excluding hydrogens is 442 g/mol. The highest BCUT2D eigenvalue weighted by Crippen LogP contribution is 2.41. The maximum Gasteiger partial charge on any atom is 0.335 e. The molecule has 3 aromatic rings. The Morgan fingerprint density at radius 3 is 2.38 bits per heavy atom. The van der Waals surface area contributed by atoms with E-state index in [9.17, 15) is 9.59 Å². The number of carboxylic acids is 1. The number of hydrogen-bond donors (Lipinski definition) is 1. The molecule has 1 unspecified atom stereocenters. The summed E-state index contributed by atoms with van der Waals surface area (Å²) in [5.41, 5.74) is 5.68. The Morgan fingerprint density at radius 1 is 0.941 bits per heavy atom. The van der Waals surface area contributed by atoms with Gasteiger partial charge in [-0.1, -0.05) is 66.8 Å². The summed E-state index contributed by atoms with van der Waals surface area (Å²) in [6.07, 6.45) is 9.37. The number of para-hydroxylation sites is 1. The Morgan fingerprint density at radius 2 is 1.68 bits per heavy atom. The summed E-state index contributed by atoms with van der Waals surface area (Å²) >= 11 is 1.58. The first-order chi connectivity index (χ1) is 16.6. The molecular formula is C29H25NO3S. The quantitative estimate of drug-likeness (QED) is 0.458. The van der Waals surface area contributed by atoms with Crippen LogP contribution in [0.4, 0.5) is 5.69 Å². The van der Waals surface area contributed by atoms with Gasteiger partial charge in [-0.25, -0.2) is 4.79 Å². The number of fused-ring (bicyclic) bond motifs is 1. The zero-order valence-electron chi connectivity index (χ0n) is 18.7. The van der Waals surface area contributed by atoms with Crippen molar-refractivity contribution >= 4 is 34.9 Å². The Hall–Kier alpha value is -3.57. The van der Waals surface area contributed by atoms with Gasteiger partial charge in [-0.15, -0.1) is 11.8 Å². The topological polar surface area (TPSA) is 57.6 Å². The molecule has 0 saturated carbocycles. The highest BCUT2D eigenvalue weighted by molar-refractivity contribution is 8.01. The number of benzene rings is 3. The Kier molecular flexibility index (Phi) is 6.37. The van der Waals surface area contributed by atoms with Crippen molar-refractivity contribution in [3.63, 3.8) is 0 Å². The number of carbonyl (C=O) groups is 2. The summed E-state index contributed by atoms with van der Waals surface area (Å²) in [5, 5.41) is 8.88. The monoisotopic (exact) mass is 467 g/mol. The average molecular weight is 468 g/mol. The molecule has 1 N–H and O–H groups in total. The molecule has 5 heteroatoms. The van der Waals surface area contributed by atoms with Gasteiger partial charge in [0.1, 0.15) is 0 Å². The molecule has 5 rings (SSSR count). The Balaban J connectivity index is 1.37. The lowest BCUT2D eigenvalue weighted by molar-refractivity contribution is -0.118. The Labute approximate surface area is 203 Å². The maximum absolute atomic E-state index is 13.6. The smallest absolute Gasteiger partial charge is 0.335 e. The molecule has 2 aliphatic rings. The molecule has 1 heterocycles. The van der Waals surface area contributed by atoms with E-state index < -0.39 is 5.97 Å². The number of carboxylic acid groups (broad SMARTS) is 1. The van der Waals surface area contributed by atoms with Crippen LogP contribution in [-0.2, 0) is 17.8 Å². The summed E-state index contributed by atoms with van der Waals surface area (Å²) in [4.78, 5) is 27.7. The number of allylic oxidation sites excluding steroid dienone is 4. The van der Waals surface area contributed by atoms with Crippen molar-refractivity contribution in [2.45, 2.75) is 36.0 Å². The van der Waals surface area contributed by atoms with Gasteiger partial charge in [0, 0.05) is 4.90 Å². The molecule has 34 heavy (non-hydrogen) atoms. The number of hydrogen-bond acceptors (Lipinski definition) is 3. The SMILES string of the molecule is O=C(O)c1ccc(CC2Sc3ccccc3N(Cc3ccc(C4=CCCC=C4)cc3)C2=O)cc1. The number of aromatic carboxylic acids is 1. The number of anilines is 1. The van der Waals surface area contributed by atoms with Crippen LogP contribution in [0.5, 0.6) is 0 Å². The van der Waals surface area contributed by atoms with E-state index in [0.29, 0.717) is 13.0 Å². The van der Waals surface area contributed by atoms with Crippen LogP contribution in [0, 0.1) is 0 Å². The van der Waals surface area contributed by atoms with Crippen molar-refractivity contribution in [1.29, 1.82) is 0 Å². The number of nitrogens with zero attached hydrogens (tertiary/aromatic N) is 1. The predicted octanol–water partition coefficient (Wildman–Crippen LogP) is 6.37. The molecule has 3 aromatic carbocycles. The highest BCUT2D eigenvalue weighted by atomic mass is 32.2. The van der Waals surface area contributed by atoms with E-state index in [-0.39, 0.29) is 16.7 Å². The van der Waals surface area contributed by atoms with Crippen molar-refractivity contribution < 1.29 is 14.7 Å². The second-order valence-electron chi connectivity index (χ2n) is 8.54. The van der Waals surface area contributed by atoms with E-state index in [0.717, 1.165) is 34.6 Å². The fourth-order valence-electron chi connectivity index (χ4n) is 4.38. The lowest BCUT2D eigenvalue weighted by atomic mass is 9.98. The van der Waals surface area contributed by atoms with Gasteiger partial charge in [-0.3, -0.25) is 4.79 Å². The van der Waals surface area contributed by atoms with E-state index in [1.807, 2.05) is 23.1 Å². The fourth-order valence-corrected chi connectivity index (χ4v) is 5.64. The van der Waals surface area contributed by atoms with Crippen molar-refractivity contribution in [2.75, 3.05) is 4.90 Å². The molecule has 0 bridgehead atoms. The van der Waals surface area contributed by atoms with Gasteiger partial charge in [0.15, 0.2) is 0 Å². The average Bonchev–Trinajstić information content (AvgIpc) is 2.88. The van der Waals surface area contributed by atoms with Crippen LogP contribution in [0.25, 0.3) is 5.57 Å². The first-order valence-corrected chi connectivity index (χ1v) is 12.3. The fraction of sp³-hybridized carbons (Fsp3) is 0.172. The van der Waals surface area contributed by atoms with E-state index in [4.69, 9.17) is 5.11 Å². The van der Waals surface area contributed by atoms with E-state index in [1.165, 1.54) is 11.1 Å². The molecule has 0 aromatic heterocycles.